The van der Waals surface area contributed by atoms with E-state index in [4.69, 9.17) is 0 Å². The summed E-state index contributed by atoms with van der Waals surface area (Å²) in [4.78, 5) is 0. The van der Waals surface area contributed by atoms with E-state index in [1.54, 1.807) is 5.01 Å². The first-order valence-corrected chi connectivity index (χ1v) is 5.70. The molecule has 1 atom stereocenters. The molecular weight excluding hydrogens is 226 g/mol. The number of hydrogen-bond donors (Lipinski definition) is 1. The summed E-state index contributed by atoms with van der Waals surface area (Å²) in [5.74, 6) is 0. The van der Waals surface area contributed by atoms with Gasteiger partial charge < -0.3 is 0 Å². The largest absolute Gasteiger partial charge is 0.284 e. The van der Waals surface area contributed by atoms with Gasteiger partial charge in [0.2, 0.25) is 6.34 Å². The summed E-state index contributed by atoms with van der Waals surface area (Å²) in [5.41, 5.74) is 1.87. The lowest BCUT2D eigenvalue weighted by atomic mass is 10.1. The second kappa shape index (κ2) is 4.50. The zero-order chi connectivity index (χ0) is 12.4. The molecule has 0 bridgehead atoms. The molecule has 18 heavy (non-hydrogen) atoms. The smallest absolute Gasteiger partial charge is 0.222 e. The molecule has 0 aliphatic carbocycles. The predicted octanol–water partition coefficient (Wildman–Crippen LogP) is 2.72. The molecule has 1 heterocycles. The minimum atomic E-state index is -0.367. The molecule has 1 aliphatic rings. The summed E-state index contributed by atoms with van der Waals surface area (Å²) >= 11 is 0. The van der Waals surface area contributed by atoms with Crippen molar-refractivity contribution in [3.63, 3.8) is 0 Å². The minimum absolute atomic E-state index is 0.367. The summed E-state index contributed by atoms with van der Waals surface area (Å²) in [6, 6.07) is 19.4. The molecule has 2 aromatic rings. The van der Waals surface area contributed by atoms with Crippen LogP contribution in [0.3, 0.4) is 0 Å². The lowest BCUT2D eigenvalue weighted by Gasteiger charge is -2.26. The normalized spacial score (nSPS) is 18.4. The van der Waals surface area contributed by atoms with E-state index in [2.05, 4.69) is 11.4 Å². The van der Waals surface area contributed by atoms with E-state index in [1.165, 1.54) is 0 Å². The van der Waals surface area contributed by atoms with Crippen LogP contribution in [0.2, 0.25) is 0 Å². The first-order valence-electron chi connectivity index (χ1n) is 5.70. The van der Waals surface area contributed by atoms with Gasteiger partial charge in [0.25, 0.3) is 0 Å². The van der Waals surface area contributed by atoms with E-state index in [0.717, 1.165) is 16.3 Å². The molecule has 2 aromatic carbocycles. The fourth-order valence-electron chi connectivity index (χ4n) is 1.99. The van der Waals surface area contributed by atoms with Gasteiger partial charge in [-0.05, 0) is 17.7 Å². The van der Waals surface area contributed by atoms with Gasteiger partial charge >= 0.3 is 0 Å². The fourth-order valence-corrected chi connectivity index (χ4v) is 1.99. The highest BCUT2D eigenvalue weighted by atomic mass is 16.5. The van der Waals surface area contributed by atoms with Crippen molar-refractivity contribution in [1.82, 2.24) is 5.06 Å². The highest BCUT2D eigenvalue weighted by Crippen LogP contribution is 2.31. The van der Waals surface area contributed by atoms with Crippen LogP contribution in [0.15, 0.2) is 65.8 Å². The van der Waals surface area contributed by atoms with E-state index in [-0.39, 0.29) is 6.17 Å². The Morgan fingerprint density at radius 3 is 2.22 bits per heavy atom. The molecule has 1 aliphatic heterocycles. The van der Waals surface area contributed by atoms with Crippen LogP contribution in [0.1, 0.15) is 11.7 Å². The van der Waals surface area contributed by atoms with Crippen LogP contribution in [0.5, 0.6) is 0 Å². The average molecular weight is 238 g/mol. The van der Waals surface area contributed by atoms with Crippen LogP contribution in [0, 0.1) is 0 Å². The van der Waals surface area contributed by atoms with Crippen molar-refractivity contribution in [2.75, 3.05) is 5.01 Å². The van der Waals surface area contributed by atoms with Crippen LogP contribution >= 0.6 is 0 Å². The van der Waals surface area contributed by atoms with Gasteiger partial charge in [-0.1, -0.05) is 48.5 Å². The molecule has 4 heteroatoms. The zero-order valence-electron chi connectivity index (χ0n) is 9.64. The first kappa shape index (κ1) is 10.8. The zero-order valence-corrected chi connectivity index (χ0v) is 9.64. The quantitative estimate of drug-likeness (QED) is 0.874. The summed E-state index contributed by atoms with van der Waals surface area (Å²) in [5, 5.41) is 16.7. The number of hydroxylamine groups is 2. The topological polar surface area (TPSA) is 39.1 Å². The van der Waals surface area contributed by atoms with E-state index < -0.39 is 0 Å². The molecule has 4 nitrogen and oxygen atoms in total. The van der Waals surface area contributed by atoms with E-state index in [0.29, 0.717) is 0 Å². The minimum Gasteiger partial charge on any atom is -0.284 e. The maximum Gasteiger partial charge on any atom is 0.222 e. The van der Waals surface area contributed by atoms with Crippen molar-refractivity contribution in [2.24, 2.45) is 5.10 Å². The average Bonchev–Trinajstić information content (AvgIpc) is 2.83. The molecule has 1 N–H and O–H groups in total. The van der Waals surface area contributed by atoms with Crippen LogP contribution in [-0.4, -0.2) is 16.6 Å². The number of para-hydroxylation sites is 1. The third kappa shape index (κ3) is 1.83. The van der Waals surface area contributed by atoms with Crippen molar-refractivity contribution in [3.05, 3.63) is 66.2 Å². The van der Waals surface area contributed by atoms with Crippen molar-refractivity contribution in [1.29, 1.82) is 0 Å². The summed E-state index contributed by atoms with van der Waals surface area (Å²) in [6.45, 7) is 0. The lowest BCUT2D eigenvalue weighted by molar-refractivity contribution is -0.0396. The Labute approximate surface area is 105 Å². The monoisotopic (exact) mass is 238 g/mol. The number of nitrogens with zero attached hydrogens (tertiary/aromatic N) is 3. The Morgan fingerprint density at radius 2 is 1.56 bits per heavy atom. The molecule has 3 rings (SSSR count). The molecule has 1 unspecified atom stereocenters. The van der Waals surface area contributed by atoms with Crippen molar-refractivity contribution in [3.8, 4) is 0 Å². The summed E-state index contributed by atoms with van der Waals surface area (Å²) in [7, 11) is 0. The molecule has 89 valence electrons. The molecule has 0 amide bonds. The highest BCUT2D eigenvalue weighted by molar-refractivity contribution is 5.64. The first-order chi connectivity index (χ1) is 8.86. The van der Waals surface area contributed by atoms with Crippen LogP contribution < -0.4 is 5.01 Å². The van der Waals surface area contributed by atoms with Crippen molar-refractivity contribution in [2.45, 2.75) is 6.17 Å². The van der Waals surface area contributed by atoms with E-state index >= 15 is 0 Å². The Bertz CT molecular complexity index is 541. The number of hydrazone groups is 1. The third-order valence-electron chi connectivity index (χ3n) is 2.84. The van der Waals surface area contributed by atoms with Crippen LogP contribution in [0.4, 0.5) is 5.69 Å². The van der Waals surface area contributed by atoms with Gasteiger partial charge in [0.05, 0.1) is 5.69 Å². The lowest BCUT2D eigenvalue weighted by Crippen LogP contribution is -2.29. The molecule has 0 fully saturated rings. The molecule has 0 saturated carbocycles. The number of anilines is 1. The van der Waals surface area contributed by atoms with Gasteiger partial charge in [-0.2, -0.15) is 0 Å². The standard InChI is InChI=1S/C14H12N3O/c18-16-11-15-17(13-9-5-2-6-10-13)14(16)12-7-3-1-4-8-12/h1-10,14,18H. The molecule has 0 spiro atoms. The van der Waals surface area contributed by atoms with Gasteiger partial charge in [0.15, 0.2) is 6.17 Å². The third-order valence-corrected chi connectivity index (χ3v) is 2.84. The predicted molar refractivity (Wildman–Crippen MR) is 69.2 cm³/mol. The molecule has 0 aromatic heterocycles. The van der Waals surface area contributed by atoms with Gasteiger partial charge in [0.1, 0.15) is 0 Å². The molecule has 0 saturated heterocycles. The SMILES string of the molecule is ON1[C]=NN(c2ccccc2)C1c1ccccc1. The van der Waals surface area contributed by atoms with Gasteiger partial charge in [-0.25, -0.2) is 10.1 Å². The second-order valence-corrected chi connectivity index (χ2v) is 4.01. The Hall–Kier alpha value is -2.33. The summed E-state index contributed by atoms with van der Waals surface area (Å²) < 4.78 is 0. The number of rotatable bonds is 2. The Morgan fingerprint density at radius 1 is 0.944 bits per heavy atom. The van der Waals surface area contributed by atoms with Crippen molar-refractivity contribution < 1.29 is 5.21 Å². The number of hydrogen-bond acceptors (Lipinski definition) is 4. The van der Waals surface area contributed by atoms with Crippen LogP contribution in [0.25, 0.3) is 0 Å². The Kier molecular flexibility index (Phi) is 2.70. The van der Waals surface area contributed by atoms with Gasteiger partial charge in [-0.3, -0.25) is 5.21 Å². The van der Waals surface area contributed by atoms with E-state index in [9.17, 15) is 5.21 Å². The molecule has 1 radical (unpaired) electrons. The van der Waals surface area contributed by atoms with Crippen LogP contribution in [-0.2, 0) is 0 Å². The summed E-state index contributed by atoms with van der Waals surface area (Å²) in [6.07, 6.45) is 2.19. The maximum absolute atomic E-state index is 9.86. The highest BCUT2D eigenvalue weighted by Gasteiger charge is 2.30. The maximum atomic E-state index is 9.86. The fraction of sp³-hybridized carbons (Fsp3) is 0.0714. The number of benzene rings is 2. The Balaban J connectivity index is 1.98. The van der Waals surface area contributed by atoms with Gasteiger partial charge in [-0.15, -0.1) is 5.10 Å². The molecular formula is C14H12N3O. The second-order valence-electron chi connectivity index (χ2n) is 4.01. The van der Waals surface area contributed by atoms with Crippen molar-refractivity contribution >= 4 is 12.0 Å². The van der Waals surface area contributed by atoms with Gasteiger partial charge in [0, 0.05) is 0 Å². The van der Waals surface area contributed by atoms with E-state index in [1.807, 2.05) is 60.7 Å².